The predicted molar refractivity (Wildman–Crippen MR) is 49.9 cm³/mol. The van der Waals surface area contributed by atoms with E-state index >= 15 is 0 Å². The molecule has 82 valence electrons. The third-order valence-electron chi connectivity index (χ3n) is 1.27. The number of carboxylic acids is 1. The lowest BCUT2D eigenvalue weighted by Gasteiger charge is -2.22. The first kappa shape index (κ1) is 12.7. The molecule has 0 spiro atoms. The summed E-state index contributed by atoms with van der Waals surface area (Å²) in [5.74, 6) is -1.27. The van der Waals surface area contributed by atoms with E-state index in [1.807, 2.05) is 0 Å². The summed E-state index contributed by atoms with van der Waals surface area (Å²) < 4.78 is 0. The zero-order valence-corrected chi connectivity index (χ0v) is 8.50. The van der Waals surface area contributed by atoms with Crippen LogP contribution in [0, 0.1) is 0 Å². The van der Waals surface area contributed by atoms with Gasteiger partial charge in [-0.05, 0) is 20.8 Å². The summed E-state index contributed by atoms with van der Waals surface area (Å²) in [5.41, 5.74) is -0.442. The second-order valence-corrected chi connectivity index (χ2v) is 3.92. The lowest BCUT2D eigenvalue weighted by atomic mass is 10.1. The molecule has 1 atom stereocenters. The third-order valence-corrected chi connectivity index (χ3v) is 1.27. The van der Waals surface area contributed by atoms with Gasteiger partial charge in [0.15, 0.2) is 6.04 Å². The Morgan fingerprint density at radius 1 is 1.36 bits per heavy atom. The van der Waals surface area contributed by atoms with Crippen LogP contribution in [0.25, 0.3) is 0 Å². The quantitative estimate of drug-likeness (QED) is 0.499. The number of amides is 2. The Morgan fingerprint density at radius 2 is 1.86 bits per heavy atom. The van der Waals surface area contributed by atoms with Gasteiger partial charge in [-0.1, -0.05) is 0 Å². The number of carbonyl (C=O) groups is 2. The van der Waals surface area contributed by atoms with Crippen LogP contribution in [-0.2, 0) is 4.79 Å². The fourth-order valence-corrected chi connectivity index (χ4v) is 0.720. The maximum absolute atomic E-state index is 11.1. The molecule has 0 aromatic rings. The number of hydrogen-bond donors (Lipinski definition) is 4. The van der Waals surface area contributed by atoms with Gasteiger partial charge in [0.25, 0.3) is 0 Å². The number of rotatable bonds is 3. The average Bonchev–Trinajstić information content (AvgIpc) is 1.96. The lowest BCUT2D eigenvalue weighted by Crippen LogP contribution is -2.52. The Balaban J connectivity index is 4.11. The summed E-state index contributed by atoms with van der Waals surface area (Å²) in [6, 6.07) is -1.88. The zero-order valence-electron chi connectivity index (χ0n) is 8.50. The Labute approximate surface area is 82.3 Å². The van der Waals surface area contributed by atoms with Crippen molar-refractivity contribution in [3.63, 3.8) is 0 Å². The van der Waals surface area contributed by atoms with Crippen LogP contribution in [0.5, 0.6) is 0 Å². The Hall–Kier alpha value is -1.30. The molecule has 0 saturated heterocycles. The average molecular weight is 204 g/mol. The molecule has 0 aromatic carbocycles. The maximum Gasteiger partial charge on any atom is 0.328 e. The number of hydrogen-bond acceptors (Lipinski definition) is 3. The first-order chi connectivity index (χ1) is 6.26. The summed E-state index contributed by atoms with van der Waals surface area (Å²) in [5, 5.41) is 21.8. The van der Waals surface area contributed by atoms with Crippen LogP contribution in [-0.4, -0.2) is 40.4 Å². The van der Waals surface area contributed by atoms with Gasteiger partial charge in [0, 0.05) is 5.54 Å². The SMILES string of the molecule is CC(C)(C)NC(=O)NC(CO)C(=O)O. The van der Waals surface area contributed by atoms with Gasteiger partial charge in [-0.2, -0.15) is 0 Å². The van der Waals surface area contributed by atoms with E-state index in [-0.39, 0.29) is 0 Å². The number of aliphatic hydroxyl groups excluding tert-OH is 1. The molecule has 0 rings (SSSR count). The highest BCUT2D eigenvalue weighted by Crippen LogP contribution is 1.97. The summed E-state index contributed by atoms with van der Waals surface area (Å²) in [7, 11) is 0. The van der Waals surface area contributed by atoms with Gasteiger partial charge in [-0.25, -0.2) is 9.59 Å². The molecule has 0 aliphatic carbocycles. The van der Waals surface area contributed by atoms with E-state index in [4.69, 9.17) is 10.2 Å². The summed E-state index contributed by atoms with van der Waals surface area (Å²) in [6.07, 6.45) is 0. The monoisotopic (exact) mass is 204 g/mol. The number of aliphatic carboxylic acids is 1. The molecule has 6 nitrogen and oxygen atoms in total. The van der Waals surface area contributed by atoms with Gasteiger partial charge in [-0.3, -0.25) is 0 Å². The largest absolute Gasteiger partial charge is 0.480 e. The minimum atomic E-state index is -1.27. The van der Waals surface area contributed by atoms with Crippen molar-refractivity contribution in [2.24, 2.45) is 0 Å². The normalized spacial score (nSPS) is 13.1. The second-order valence-electron chi connectivity index (χ2n) is 3.92. The second kappa shape index (κ2) is 4.80. The summed E-state index contributed by atoms with van der Waals surface area (Å²) in [4.78, 5) is 21.6. The molecule has 0 bridgehead atoms. The van der Waals surface area contributed by atoms with E-state index < -0.39 is 30.2 Å². The predicted octanol–water partition coefficient (Wildman–Crippen LogP) is -0.470. The minimum absolute atomic E-state index is 0.442. The van der Waals surface area contributed by atoms with E-state index in [2.05, 4.69) is 10.6 Å². The molecular formula is C8H16N2O4. The van der Waals surface area contributed by atoms with Crippen molar-refractivity contribution in [2.45, 2.75) is 32.4 Å². The van der Waals surface area contributed by atoms with Crippen molar-refractivity contribution in [3.8, 4) is 0 Å². The number of aliphatic hydroxyl groups is 1. The summed E-state index contributed by atoms with van der Waals surface area (Å²) >= 11 is 0. The highest BCUT2D eigenvalue weighted by Gasteiger charge is 2.21. The third kappa shape index (κ3) is 5.36. The van der Waals surface area contributed by atoms with Gasteiger partial charge in [0.1, 0.15) is 0 Å². The number of carboxylic acid groups (broad SMARTS) is 1. The van der Waals surface area contributed by atoms with Crippen LogP contribution in [0.4, 0.5) is 4.79 Å². The smallest absolute Gasteiger partial charge is 0.328 e. The van der Waals surface area contributed by atoms with E-state index in [9.17, 15) is 9.59 Å². The zero-order chi connectivity index (χ0) is 11.4. The number of nitrogens with one attached hydrogen (secondary N) is 2. The summed E-state index contributed by atoms with van der Waals surface area (Å²) in [6.45, 7) is 4.66. The van der Waals surface area contributed by atoms with Gasteiger partial charge in [0.2, 0.25) is 0 Å². The molecule has 2 amide bonds. The molecule has 0 fully saturated rings. The van der Waals surface area contributed by atoms with Crippen molar-refractivity contribution in [3.05, 3.63) is 0 Å². The van der Waals surface area contributed by atoms with E-state index in [0.717, 1.165) is 0 Å². The van der Waals surface area contributed by atoms with E-state index in [1.54, 1.807) is 20.8 Å². The molecule has 1 unspecified atom stereocenters. The fourth-order valence-electron chi connectivity index (χ4n) is 0.720. The number of urea groups is 1. The van der Waals surface area contributed by atoms with Crippen molar-refractivity contribution in [2.75, 3.05) is 6.61 Å². The molecule has 4 N–H and O–H groups in total. The first-order valence-electron chi connectivity index (χ1n) is 4.18. The molecule has 0 saturated carbocycles. The van der Waals surface area contributed by atoms with Crippen LogP contribution in [0.2, 0.25) is 0 Å². The van der Waals surface area contributed by atoms with Crippen LogP contribution in [0.3, 0.4) is 0 Å². The maximum atomic E-state index is 11.1. The van der Waals surface area contributed by atoms with Crippen LogP contribution in [0.1, 0.15) is 20.8 Å². The lowest BCUT2D eigenvalue weighted by molar-refractivity contribution is -0.140. The highest BCUT2D eigenvalue weighted by atomic mass is 16.4. The van der Waals surface area contributed by atoms with Crippen molar-refractivity contribution in [1.82, 2.24) is 10.6 Å². The van der Waals surface area contributed by atoms with Gasteiger partial charge in [0.05, 0.1) is 6.61 Å². The molecule has 0 aliphatic rings. The molecule has 0 heterocycles. The molecule has 6 heteroatoms. The standard InChI is InChI=1S/C8H16N2O4/c1-8(2,3)10-7(14)9-5(4-11)6(12)13/h5,11H,4H2,1-3H3,(H,12,13)(H2,9,10,14). The molecular weight excluding hydrogens is 188 g/mol. The highest BCUT2D eigenvalue weighted by molar-refractivity contribution is 5.82. The topological polar surface area (TPSA) is 98.7 Å². The molecule has 14 heavy (non-hydrogen) atoms. The minimum Gasteiger partial charge on any atom is -0.480 e. The van der Waals surface area contributed by atoms with Crippen LogP contribution in [0.15, 0.2) is 0 Å². The fraction of sp³-hybridized carbons (Fsp3) is 0.750. The van der Waals surface area contributed by atoms with Crippen molar-refractivity contribution in [1.29, 1.82) is 0 Å². The molecule has 0 aliphatic heterocycles. The Morgan fingerprint density at radius 3 is 2.14 bits per heavy atom. The van der Waals surface area contributed by atoms with Crippen molar-refractivity contribution < 1.29 is 19.8 Å². The van der Waals surface area contributed by atoms with Gasteiger partial charge < -0.3 is 20.8 Å². The van der Waals surface area contributed by atoms with E-state index in [1.165, 1.54) is 0 Å². The number of carbonyl (C=O) groups excluding carboxylic acids is 1. The van der Waals surface area contributed by atoms with Gasteiger partial charge >= 0.3 is 12.0 Å². The van der Waals surface area contributed by atoms with Crippen LogP contribution < -0.4 is 10.6 Å². The van der Waals surface area contributed by atoms with Crippen LogP contribution >= 0.6 is 0 Å². The molecule has 0 radical (unpaired) electrons. The van der Waals surface area contributed by atoms with E-state index in [0.29, 0.717) is 0 Å². The van der Waals surface area contributed by atoms with Crippen molar-refractivity contribution >= 4 is 12.0 Å². The Bertz CT molecular complexity index is 222. The first-order valence-corrected chi connectivity index (χ1v) is 4.18. The van der Waals surface area contributed by atoms with Gasteiger partial charge in [-0.15, -0.1) is 0 Å². The molecule has 0 aromatic heterocycles. The Kier molecular flexibility index (Phi) is 4.36.